The van der Waals surface area contributed by atoms with Gasteiger partial charge in [-0.2, -0.15) is 0 Å². The second-order valence-electron chi connectivity index (χ2n) is 2.60. The van der Waals surface area contributed by atoms with E-state index in [1.165, 1.54) is 12.7 Å². The summed E-state index contributed by atoms with van der Waals surface area (Å²) in [5.74, 6) is 0. The molecule has 14 heavy (non-hydrogen) atoms. The van der Waals surface area contributed by atoms with E-state index < -0.39 is 0 Å². The van der Waals surface area contributed by atoms with Crippen LogP contribution in [0.1, 0.15) is 0 Å². The van der Waals surface area contributed by atoms with Crippen LogP contribution in [-0.4, -0.2) is 15.0 Å². The summed E-state index contributed by atoms with van der Waals surface area (Å²) in [4.78, 5) is 10.6. The van der Waals surface area contributed by atoms with Crippen LogP contribution < -0.4 is 0 Å². The first-order valence-electron chi connectivity index (χ1n) is 4.17. The van der Waals surface area contributed by atoms with Crippen molar-refractivity contribution in [1.82, 2.24) is 15.0 Å². The van der Waals surface area contributed by atoms with Crippen LogP contribution in [0, 0.1) is 0 Å². The predicted octanol–water partition coefficient (Wildman–Crippen LogP) is 2.24. The number of fused-ring (bicyclic) bond motifs is 1. The van der Waals surface area contributed by atoms with Crippen LogP contribution in [0.2, 0.25) is 0 Å². The lowest BCUT2D eigenvalue weighted by atomic mass is 10.3. The zero-order chi connectivity index (χ0) is 9.64. The number of aromatic nitrogens is 3. The summed E-state index contributed by atoms with van der Waals surface area (Å²) in [6, 6.07) is 7.94. The number of imidazole rings is 1. The molecule has 0 radical (unpaired) electrons. The van der Waals surface area contributed by atoms with Gasteiger partial charge in [0.2, 0.25) is 0 Å². The van der Waals surface area contributed by atoms with E-state index in [1.807, 2.05) is 24.3 Å². The lowest BCUT2D eigenvalue weighted by Crippen LogP contribution is -1.63. The molecular formula is C10H9N3O. The smallest absolute Gasteiger partial charge is 0.180 e. The van der Waals surface area contributed by atoms with E-state index in [0.29, 0.717) is 0 Å². The van der Waals surface area contributed by atoms with Crippen LogP contribution in [0.25, 0.3) is 11.0 Å². The maximum absolute atomic E-state index is 4.47. The lowest BCUT2D eigenvalue weighted by Gasteiger charge is -1.81. The molecule has 70 valence electrons. The fourth-order valence-electron chi connectivity index (χ4n) is 1.06. The molecule has 0 unspecified atom stereocenters. The van der Waals surface area contributed by atoms with Gasteiger partial charge in [-0.3, -0.25) is 0 Å². The number of H-pyrrole nitrogens is 1. The van der Waals surface area contributed by atoms with Gasteiger partial charge in [-0.25, -0.2) is 9.97 Å². The average molecular weight is 187 g/mol. The Bertz CT molecular complexity index is 425. The standard InChI is InChI=1S/C7H6N2.C3H3NO/c1-2-4-7-6(3-1)8-5-9-7;1-2-5-3-4-1/h1-5H,(H,8,9);1-3H. The molecule has 0 bridgehead atoms. The number of oxazole rings is 1. The number of benzene rings is 1. The topological polar surface area (TPSA) is 54.7 Å². The number of nitrogens with zero attached hydrogens (tertiary/aromatic N) is 2. The normalized spacial score (nSPS) is 9.43. The molecule has 0 fully saturated rings. The molecule has 0 aliphatic carbocycles. The van der Waals surface area contributed by atoms with E-state index in [0.717, 1.165) is 11.0 Å². The van der Waals surface area contributed by atoms with Gasteiger partial charge in [0.25, 0.3) is 0 Å². The molecule has 1 aromatic carbocycles. The van der Waals surface area contributed by atoms with Gasteiger partial charge in [-0.15, -0.1) is 0 Å². The zero-order valence-corrected chi connectivity index (χ0v) is 7.42. The van der Waals surface area contributed by atoms with Gasteiger partial charge < -0.3 is 9.40 Å². The third-order valence-corrected chi connectivity index (χ3v) is 1.67. The van der Waals surface area contributed by atoms with Crippen molar-refractivity contribution in [3.63, 3.8) is 0 Å². The highest BCUT2D eigenvalue weighted by atomic mass is 16.3. The molecule has 2 aromatic heterocycles. The summed E-state index contributed by atoms with van der Waals surface area (Å²) in [5, 5.41) is 0. The van der Waals surface area contributed by atoms with Crippen molar-refractivity contribution in [3.05, 3.63) is 49.4 Å². The Kier molecular flexibility index (Phi) is 2.56. The van der Waals surface area contributed by atoms with E-state index in [2.05, 4.69) is 19.4 Å². The van der Waals surface area contributed by atoms with Crippen LogP contribution >= 0.6 is 0 Å². The van der Waals surface area contributed by atoms with E-state index in [-0.39, 0.29) is 0 Å². The van der Waals surface area contributed by atoms with Gasteiger partial charge in [-0.1, -0.05) is 12.1 Å². The largest absolute Gasteiger partial charge is 0.452 e. The molecule has 2 heterocycles. The third kappa shape index (κ3) is 1.98. The molecule has 0 amide bonds. The minimum Gasteiger partial charge on any atom is -0.452 e. The Morgan fingerprint density at radius 1 is 1.21 bits per heavy atom. The van der Waals surface area contributed by atoms with Gasteiger partial charge in [0, 0.05) is 0 Å². The number of rotatable bonds is 0. The van der Waals surface area contributed by atoms with Crippen molar-refractivity contribution in [2.75, 3.05) is 0 Å². The quantitative estimate of drug-likeness (QED) is 0.587. The highest BCUT2D eigenvalue weighted by Crippen LogP contribution is 2.05. The van der Waals surface area contributed by atoms with Crippen LogP contribution in [-0.2, 0) is 0 Å². The Morgan fingerprint density at radius 2 is 2.14 bits per heavy atom. The van der Waals surface area contributed by atoms with Crippen LogP contribution in [0.3, 0.4) is 0 Å². The summed E-state index contributed by atoms with van der Waals surface area (Å²) < 4.78 is 4.47. The third-order valence-electron chi connectivity index (χ3n) is 1.67. The monoisotopic (exact) mass is 187 g/mol. The highest BCUT2D eigenvalue weighted by Gasteiger charge is 1.88. The number of aromatic amines is 1. The van der Waals surface area contributed by atoms with Crippen molar-refractivity contribution in [2.24, 2.45) is 0 Å². The molecule has 1 N–H and O–H groups in total. The SMILES string of the molecule is c1ccc2[nH]cnc2c1.c1cocn1. The minimum atomic E-state index is 1.03. The summed E-state index contributed by atoms with van der Waals surface area (Å²) in [5.41, 5.74) is 2.12. The van der Waals surface area contributed by atoms with Crippen LogP contribution in [0.5, 0.6) is 0 Å². The van der Waals surface area contributed by atoms with Gasteiger partial charge in [0.1, 0.15) is 6.26 Å². The van der Waals surface area contributed by atoms with E-state index in [1.54, 1.807) is 12.5 Å². The van der Waals surface area contributed by atoms with Crippen LogP contribution in [0.15, 0.2) is 53.9 Å². The fourth-order valence-corrected chi connectivity index (χ4v) is 1.06. The fraction of sp³-hybridized carbons (Fsp3) is 0. The summed E-state index contributed by atoms with van der Waals surface area (Å²) in [7, 11) is 0. The molecule has 0 atom stereocenters. The van der Waals surface area contributed by atoms with Gasteiger partial charge >= 0.3 is 0 Å². The Morgan fingerprint density at radius 3 is 2.79 bits per heavy atom. The lowest BCUT2D eigenvalue weighted by molar-refractivity contribution is 0.558. The molecule has 0 aliphatic heterocycles. The van der Waals surface area contributed by atoms with Crippen molar-refractivity contribution >= 4 is 11.0 Å². The molecule has 4 heteroatoms. The molecule has 3 aromatic rings. The second kappa shape index (κ2) is 4.23. The van der Waals surface area contributed by atoms with Crippen LogP contribution in [0.4, 0.5) is 0 Å². The molecular weight excluding hydrogens is 178 g/mol. The highest BCUT2D eigenvalue weighted by molar-refractivity contribution is 5.73. The first-order chi connectivity index (χ1) is 6.97. The van der Waals surface area contributed by atoms with Gasteiger partial charge in [0.15, 0.2) is 6.39 Å². The second-order valence-corrected chi connectivity index (χ2v) is 2.60. The Labute approximate surface area is 80.6 Å². The van der Waals surface area contributed by atoms with Crippen molar-refractivity contribution < 1.29 is 4.42 Å². The van der Waals surface area contributed by atoms with Gasteiger partial charge in [0.05, 0.1) is 23.6 Å². The molecule has 0 saturated carbocycles. The first kappa shape index (κ1) is 8.50. The number of nitrogens with one attached hydrogen (secondary N) is 1. The van der Waals surface area contributed by atoms with E-state index in [9.17, 15) is 0 Å². The van der Waals surface area contributed by atoms with Crippen molar-refractivity contribution in [1.29, 1.82) is 0 Å². The number of para-hydroxylation sites is 2. The van der Waals surface area contributed by atoms with E-state index >= 15 is 0 Å². The molecule has 3 rings (SSSR count). The van der Waals surface area contributed by atoms with Crippen molar-refractivity contribution in [3.8, 4) is 0 Å². The summed E-state index contributed by atoms with van der Waals surface area (Å²) in [6.07, 6.45) is 6.17. The van der Waals surface area contributed by atoms with Gasteiger partial charge in [-0.05, 0) is 12.1 Å². The Balaban J connectivity index is 0.000000128. The maximum atomic E-state index is 4.47. The van der Waals surface area contributed by atoms with E-state index in [4.69, 9.17) is 0 Å². The average Bonchev–Trinajstić information content (AvgIpc) is 2.92. The Hall–Kier alpha value is -2.10. The predicted molar refractivity (Wildman–Crippen MR) is 52.6 cm³/mol. The summed E-state index contributed by atoms with van der Waals surface area (Å²) in [6.45, 7) is 0. The zero-order valence-electron chi connectivity index (χ0n) is 7.42. The maximum Gasteiger partial charge on any atom is 0.180 e. The number of hydrogen-bond acceptors (Lipinski definition) is 3. The molecule has 0 saturated heterocycles. The molecule has 4 nitrogen and oxygen atoms in total. The molecule has 0 spiro atoms. The summed E-state index contributed by atoms with van der Waals surface area (Å²) >= 11 is 0. The first-order valence-corrected chi connectivity index (χ1v) is 4.17. The van der Waals surface area contributed by atoms with Crippen molar-refractivity contribution in [2.45, 2.75) is 0 Å². The minimum absolute atomic E-state index is 1.03. The number of hydrogen-bond donors (Lipinski definition) is 1. The molecule has 0 aliphatic rings.